The number of nitrogens with one attached hydrogen (secondary N) is 2. The number of likely N-dealkylation sites (N-methyl/N-ethyl adjacent to an activating group) is 1. The van der Waals surface area contributed by atoms with E-state index in [-0.39, 0.29) is 36.8 Å². The predicted molar refractivity (Wildman–Crippen MR) is 105 cm³/mol. The molecule has 0 aliphatic rings. The highest BCUT2D eigenvalue weighted by Crippen LogP contribution is 2.13. The van der Waals surface area contributed by atoms with E-state index < -0.39 is 0 Å². The number of aryl methyl sites for hydroxylation is 1. The van der Waals surface area contributed by atoms with Crippen molar-refractivity contribution in [2.75, 3.05) is 25.5 Å². The number of amides is 2. The molecule has 0 bridgehead atoms. The van der Waals surface area contributed by atoms with E-state index in [0.717, 1.165) is 12.0 Å². The van der Waals surface area contributed by atoms with E-state index in [2.05, 4.69) is 29.7 Å². The molecule has 2 aromatic carbocycles. The number of anilines is 1. The molecule has 0 aliphatic heterocycles. The molecule has 0 radical (unpaired) electrons. The second kappa shape index (κ2) is 9.83. The van der Waals surface area contributed by atoms with E-state index in [1.165, 1.54) is 29.8 Å². The fourth-order valence-electron chi connectivity index (χ4n) is 2.69. The lowest BCUT2D eigenvalue weighted by Gasteiger charge is -2.19. The van der Waals surface area contributed by atoms with Gasteiger partial charge in [-0.3, -0.25) is 14.5 Å². The van der Waals surface area contributed by atoms with Crippen LogP contribution < -0.4 is 10.6 Å². The van der Waals surface area contributed by atoms with Gasteiger partial charge in [-0.25, -0.2) is 4.39 Å². The van der Waals surface area contributed by atoms with Crippen molar-refractivity contribution in [2.45, 2.75) is 26.3 Å². The first-order valence-electron chi connectivity index (χ1n) is 8.99. The Morgan fingerprint density at radius 1 is 1.00 bits per heavy atom. The van der Waals surface area contributed by atoms with Crippen LogP contribution in [0.15, 0.2) is 48.5 Å². The lowest BCUT2D eigenvalue weighted by Crippen LogP contribution is -2.39. The minimum Gasteiger partial charge on any atom is -0.348 e. The quantitative estimate of drug-likeness (QED) is 0.749. The Hall–Kier alpha value is -2.73. The van der Waals surface area contributed by atoms with Gasteiger partial charge in [0.25, 0.3) is 0 Å². The molecule has 1 atom stereocenters. The Balaban J connectivity index is 1.78. The van der Waals surface area contributed by atoms with Crippen LogP contribution in [-0.2, 0) is 16.0 Å². The summed E-state index contributed by atoms with van der Waals surface area (Å²) in [6, 6.07) is 13.6. The maximum atomic E-state index is 12.9. The van der Waals surface area contributed by atoms with Crippen LogP contribution in [0.4, 0.5) is 10.1 Å². The smallest absolute Gasteiger partial charge is 0.238 e. The van der Waals surface area contributed by atoms with Crippen LogP contribution in [0.2, 0.25) is 0 Å². The molecule has 2 aromatic rings. The zero-order chi connectivity index (χ0) is 19.8. The summed E-state index contributed by atoms with van der Waals surface area (Å²) in [5.74, 6) is -0.778. The summed E-state index contributed by atoms with van der Waals surface area (Å²) in [6.45, 7) is 4.20. The van der Waals surface area contributed by atoms with Crippen LogP contribution in [0, 0.1) is 5.82 Å². The summed E-state index contributed by atoms with van der Waals surface area (Å²) < 4.78 is 12.9. The Kier molecular flexibility index (Phi) is 7.49. The molecule has 5 nitrogen and oxygen atoms in total. The summed E-state index contributed by atoms with van der Waals surface area (Å²) in [7, 11) is 1.70. The molecule has 2 amide bonds. The van der Waals surface area contributed by atoms with Crippen molar-refractivity contribution in [3.63, 3.8) is 0 Å². The maximum Gasteiger partial charge on any atom is 0.238 e. The molecule has 27 heavy (non-hydrogen) atoms. The van der Waals surface area contributed by atoms with Gasteiger partial charge in [0.15, 0.2) is 0 Å². The Morgan fingerprint density at radius 2 is 1.59 bits per heavy atom. The molecule has 144 valence electrons. The monoisotopic (exact) mass is 371 g/mol. The fourth-order valence-corrected chi connectivity index (χ4v) is 2.69. The van der Waals surface area contributed by atoms with Gasteiger partial charge in [0, 0.05) is 5.69 Å². The molecule has 6 heteroatoms. The van der Waals surface area contributed by atoms with E-state index in [9.17, 15) is 14.0 Å². The van der Waals surface area contributed by atoms with Crippen LogP contribution in [0.1, 0.15) is 31.0 Å². The normalized spacial score (nSPS) is 11.9. The van der Waals surface area contributed by atoms with Crippen molar-refractivity contribution in [1.29, 1.82) is 0 Å². The fraction of sp³-hybridized carbons (Fsp3) is 0.333. The zero-order valence-electron chi connectivity index (χ0n) is 16.0. The van der Waals surface area contributed by atoms with Crippen molar-refractivity contribution in [1.82, 2.24) is 10.2 Å². The lowest BCUT2D eigenvalue weighted by atomic mass is 10.1. The number of nitrogens with zero attached hydrogens (tertiary/aromatic N) is 1. The first kappa shape index (κ1) is 20.6. The van der Waals surface area contributed by atoms with Crippen molar-refractivity contribution in [3.05, 3.63) is 65.5 Å². The van der Waals surface area contributed by atoms with Crippen LogP contribution in [-0.4, -0.2) is 36.9 Å². The van der Waals surface area contributed by atoms with Crippen LogP contribution in [0.3, 0.4) is 0 Å². The summed E-state index contributed by atoms with van der Waals surface area (Å²) in [4.78, 5) is 25.9. The van der Waals surface area contributed by atoms with E-state index >= 15 is 0 Å². The molecule has 0 saturated heterocycles. The van der Waals surface area contributed by atoms with Crippen molar-refractivity contribution in [3.8, 4) is 0 Å². The number of carbonyl (C=O) groups excluding carboxylic acids is 2. The highest BCUT2D eigenvalue weighted by molar-refractivity contribution is 5.92. The predicted octanol–water partition coefficient (Wildman–Crippen LogP) is 3.14. The van der Waals surface area contributed by atoms with Gasteiger partial charge in [-0.15, -0.1) is 0 Å². The van der Waals surface area contributed by atoms with Gasteiger partial charge in [-0.1, -0.05) is 31.2 Å². The minimum absolute atomic E-state index is 0.0599. The molecule has 0 fully saturated rings. The number of rotatable bonds is 8. The highest BCUT2D eigenvalue weighted by Gasteiger charge is 2.14. The third-order valence-corrected chi connectivity index (χ3v) is 4.22. The minimum atomic E-state index is -0.361. The highest BCUT2D eigenvalue weighted by atomic mass is 19.1. The standard InChI is InChI=1S/C21H26FN3O2/c1-4-16-5-7-17(8-6-16)15(2)23-20(26)13-25(3)14-21(27)24-19-11-9-18(22)10-12-19/h5-12,15H,4,13-14H2,1-3H3,(H,23,26)(H,24,27)/t15-/m1/s1. The largest absolute Gasteiger partial charge is 0.348 e. The molecular weight excluding hydrogens is 345 g/mol. The molecule has 0 aliphatic carbocycles. The lowest BCUT2D eigenvalue weighted by molar-refractivity contribution is -0.123. The zero-order valence-corrected chi connectivity index (χ0v) is 16.0. The Labute approximate surface area is 159 Å². The van der Waals surface area contributed by atoms with Gasteiger partial charge in [-0.2, -0.15) is 0 Å². The third kappa shape index (κ3) is 6.83. The first-order valence-corrected chi connectivity index (χ1v) is 8.99. The molecule has 2 rings (SSSR count). The summed E-state index contributed by atoms with van der Waals surface area (Å²) in [5, 5.41) is 5.61. The second-order valence-electron chi connectivity index (χ2n) is 6.61. The van der Waals surface area contributed by atoms with Gasteiger partial charge in [-0.05, 0) is 55.8 Å². The molecule has 2 N–H and O–H groups in total. The molecule has 0 saturated carbocycles. The van der Waals surface area contributed by atoms with Crippen LogP contribution in [0.5, 0.6) is 0 Å². The van der Waals surface area contributed by atoms with Crippen molar-refractivity contribution in [2.24, 2.45) is 0 Å². The van der Waals surface area contributed by atoms with Gasteiger partial charge < -0.3 is 10.6 Å². The SMILES string of the molecule is CCc1ccc([C@@H](C)NC(=O)CN(C)CC(=O)Nc2ccc(F)cc2)cc1. The summed E-state index contributed by atoms with van der Waals surface area (Å²) in [6.07, 6.45) is 0.978. The molecule has 0 unspecified atom stereocenters. The van der Waals surface area contributed by atoms with Gasteiger partial charge in [0.2, 0.25) is 11.8 Å². The first-order chi connectivity index (χ1) is 12.9. The van der Waals surface area contributed by atoms with Crippen LogP contribution in [0.25, 0.3) is 0 Å². The third-order valence-electron chi connectivity index (χ3n) is 4.22. The molecule has 0 spiro atoms. The van der Waals surface area contributed by atoms with Gasteiger partial charge in [0.05, 0.1) is 19.1 Å². The number of hydrogen-bond donors (Lipinski definition) is 2. The Morgan fingerprint density at radius 3 is 2.19 bits per heavy atom. The maximum absolute atomic E-state index is 12.9. The Bertz CT molecular complexity index is 760. The van der Waals surface area contributed by atoms with Gasteiger partial charge >= 0.3 is 0 Å². The number of halogens is 1. The van der Waals surface area contributed by atoms with Crippen molar-refractivity contribution >= 4 is 17.5 Å². The number of benzene rings is 2. The topological polar surface area (TPSA) is 61.4 Å². The average Bonchev–Trinajstić information content (AvgIpc) is 2.63. The second-order valence-corrected chi connectivity index (χ2v) is 6.61. The van der Waals surface area contributed by atoms with E-state index in [1.54, 1.807) is 11.9 Å². The van der Waals surface area contributed by atoms with Crippen molar-refractivity contribution < 1.29 is 14.0 Å². The van der Waals surface area contributed by atoms with E-state index in [1.807, 2.05) is 19.1 Å². The molecule has 0 heterocycles. The van der Waals surface area contributed by atoms with E-state index in [0.29, 0.717) is 5.69 Å². The van der Waals surface area contributed by atoms with Crippen LogP contribution >= 0.6 is 0 Å². The average molecular weight is 371 g/mol. The number of carbonyl (C=O) groups is 2. The van der Waals surface area contributed by atoms with E-state index in [4.69, 9.17) is 0 Å². The molecule has 0 aromatic heterocycles. The summed E-state index contributed by atoms with van der Waals surface area (Å²) >= 11 is 0. The summed E-state index contributed by atoms with van der Waals surface area (Å²) in [5.41, 5.74) is 2.81. The number of hydrogen-bond acceptors (Lipinski definition) is 3. The molecular formula is C21H26FN3O2. The van der Waals surface area contributed by atoms with Gasteiger partial charge in [0.1, 0.15) is 5.82 Å².